The average molecular weight is 228 g/mol. The molecule has 0 saturated heterocycles. The summed E-state index contributed by atoms with van der Waals surface area (Å²) in [6.45, 7) is 0. The van der Waals surface area contributed by atoms with Crippen LogP contribution in [0.2, 0.25) is 5.02 Å². The van der Waals surface area contributed by atoms with Gasteiger partial charge in [0.2, 0.25) is 0 Å². The van der Waals surface area contributed by atoms with Crippen LogP contribution in [0.25, 0.3) is 0 Å². The summed E-state index contributed by atoms with van der Waals surface area (Å²) >= 11 is 5.59. The van der Waals surface area contributed by atoms with Gasteiger partial charge in [0.05, 0.1) is 34.3 Å². The van der Waals surface area contributed by atoms with Crippen molar-refractivity contribution in [1.29, 1.82) is 10.5 Å². The Hall–Kier alpha value is -1.72. The monoisotopic (exact) mass is 227 g/mol. The Balaban J connectivity index is 3.40. The maximum absolute atomic E-state index is 12.6. The minimum absolute atomic E-state index is 0.0866. The van der Waals surface area contributed by atoms with E-state index >= 15 is 0 Å². The van der Waals surface area contributed by atoms with Crippen molar-refractivity contribution in [3.8, 4) is 12.1 Å². The van der Waals surface area contributed by atoms with Gasteiger partial charge in [0.25, 0.3) is 6.43 Å². The molecule has 15 heavy (non-hydrogen) atoms. The summed E-state index contributed by atoms with van der Waals surface area (Å²) in [6, 6.07) is 3.36. The predicted molar refractivity (Wildman–Crippen MR) is 48.2 cm³/mol. The molecular weight excluding hydrogens is 224 g/mol. The summed E-state index contributed by atoms with van der Waals surface area (Å²) < 4.78 is 25.2. The molecule has 0 amide bonds. The summed E-state index contributed by atoms with van der Waals surface area (Å²) in [6.07, 6.45) is -2.02. The van der Waals surface area contributed by atoms with Gasteiger partial charge in [0.1, 0.15) is 6.07 Å². The van der Waals surface area contributed by atoms with Gasteiger partial charge in [-0.1, -0.05) is 11.6 Å². The van der Waals surface area contributed by atoms with E-state index in [0.29, 0.717) is 0 Å². The highest BCUT2D eigenvalue weighted by atomic mass is 35.5. The number of aromatic nitrogens is 1. The van der Waals surface area contributed by atoms with Crippen molar-refractivity contribution < 1.29 is 8.78 Å². The third kappa shape index (κ3) is 2.20. The van der Waals surface area contributed by atoms with Gasteiger partial charge in [-0.15, -0.1) is 0 Å². The second-order valence-electron chi connectivity index (χ2n) is 2.59. The van der Waals surface area contributed by atoms with Gasteiger partial charge in [-0.2, -0.15) is 10.5 Å². The quantitative estimate of drug-likeness (QED) is 0.780. The van der Waals surface area contributed by atoms with Gasteiger partial charge in [-0.25, -0.2) is 8.78 Å². The van der Waals surface area contributed by atoms with Gasteiger partial charge in [0, 0.05) is 6.20 Å². The molecule has 0 N–H and O–H groups in total. The summed E-state index contributed by atoms with van der Waals surface area (Å²) in [5.41, 5.74) is -0.734. The van der Waals surface area contributed by atoms with Crippen molar-refractivity contribution in [2.45, 2.75) is 12.8 Å². The molecule has 0 aliphatic heterocycles. The molecule has 0 radical (unpaired) electrons. The van der Waals surface area contributed by atoms with E-state index in [0.717, 1.165) is 6.20 Å². The van der Waals surface area contributed by atoms with E-state index in [2.05, 4.69) is 4.98 Å². The minimum Gasteiger partial charge on any atom is -0.258 e. The summed E-state index contributed by atoms with van der Waals surface area (Å²) in [7, 11) is 0. The van der Waals surface area contributed by atoms with Crippen molar-refractivity contribution in [1.82, 2.24) is 4.98 Å². The highest BCUT2D eigenvalue weighted by Gasteiger charge is 2.20. The van der Waals surface area contributed by atoms with Crippen LogP contribution < -0.4 is 0 Å². The van der Waals surface area contributed by atoms with Crippen molar-refractivity contribution >= 4 is 11.6 Å². The lowest BCUT2D eigenvalue weighted by atomic mass is 10.1. The molecule has 0 saturated carbocycles. The molecule has 0 aliphatic carbocycles. The van der Waals surface area contributed by atoms with Gasteiger partial charge in [-0.3, -0.25) is 4.98 Å². The lowest BCUT2D eigenvalue weighted by Gasteiger charge is -2.07. The Kier molecular flexibility index (Phi) is 3.54. The third-order valence-corrected chi connectivity index (χ3v) is 2.13. The first-order valence-corrected chi connectivity index (χ1v) is 4.22. The number of hydrogen-bond donors (Lipinski definition) is 0. The zero-order valence-corrected chi connectivity index (χ0v) is 8.09. The van der Waals surface area contributed by atoms with E-state index in [4.69, 9.17) is 22.1 Å². The Morgan fingerprint density at radius 3 is 2.60 bits per heavy atom. The Morgan fingerprint density at radius 2 is 2.13 bits per heavy atom. The Morgan fingerprint density at radius 1 is 1.47 bits per heavy atom. The van der Waals surface area contributed by atoms with Crippen LogP contribution in [0.1, 0.15) is 23.2 Å². The van der Waals surface area contributed by atoms with Crippen molar-refractivity contribution in [2.24, 2.45) is 0 Å². The molecule has 0 unspecified atom stereocenters. The van der Waals surface area contributed by atoms with Crippen LogP contribution >= 0.6 is 11.6 Å². The molecule has 6 heteroatoms. The number of alkyl halides is 2. The molecular formula is C9H4ClF2N3. The van der Waals surface area contributed by atoms with Gasteiger partial charge in [-0.05, 0) is 0 Å². The second kappa shape index (κ2) is 4.68. The lowest BCUT2D eigenvalue weighted by molar-refractivity contribution is 0.150. The van der Waals surface area contributed by atoms with Crippen LogP contribution in [0.4, 0.5) is 8.78 Å². The van der Waals surface area contributed by atoms with Gasteiger partial charge >= 0.3 is 0 Å². The van der Waals surface area contributed by atoms with Crippen LogP contribution in [-0.2, 0) is 6.42 Å². The molecule has 0 aliphatic rings. The fourth-order valence-electron chi connectivity index (χ4n) is 1.06. The molecule has 3 nitrogen and oxygen atoms in total. The number of nitriles is 2. The van der Waals surface area contributed by atoms with E-state index in [1.807, 2.05) is 0 Å². The summed E-state index contributed by atoms with van der Waals surface area (Å²) in [5.74, 6) is 0. The topological polar surface area (TPSA) is 60.5 Å². The molecule has 0 atom stereocenters. The van der Waals surface area contributed by atoms with E-state index in [1.165, 1.54) is 0 Å². The van der Waals surface area contributed by atoms with Crippen molar-refractivity contribution in [3.63, 3.8) is 0 Å². The van der Waals surface area contributed by atoms with E-state index in [9.17, 15) is 8.78 Å². The fourth-order valence-corrected chi connectivity index (χ4v) is 1.34. The maximum atomic E-state index is 12.6. The first-order chi connectivity index (χ1) is 7.11. The maximum Gasteiger partial charge on any atom is 0.267 e. The highest BCUT2D eigenvalue weighted by molar-refractivity contribution is 6.32. The van der Waals surface area contributed by atoms with Gasteiger partial charge < -0.3 is 0 Å². The summed E-state index contributed by atoms with van der Waals surface area (Å²) in [5, 5.41) is 16.6. The van der Waals surface area contributed by atoms with E-state index < -0.39 is 12.0 Å². The molecule has 1 rings (SSSR count). The summed E-state index contributed by atoms with van der Waals surface area (Å²) in [4.78, 5) is 3.61. The normalized spacial score (nSPS) is 9.73. The molecule has 1 aromatic rings. The van der Waals surface area contributed by atoms with Crippen molar-refractivity contribution in [3.05, 3.63) is 28.0 Å². The molecule has 0 spiro atoms. The minimum atomic E-state index is -2.85. The molecule has 1 heterocycles. The molecule has 76 valence electrons. The van der Waals surface area contributed by atoms with Crippen LogP contribution in [0, 0.1) is 22.7 Å². The van der Waals surface area contributed by atoms with Crippen LogP contribution in [0.5, 0.6) is 0 Å². The standard InChI is InChI=1S/C9H4ClF2N3/c10-8-5(3-14)4-15-6(1-2-13)7(8)9(11)12/h4,9H,1H2. The number of rotatable bonds is 2. The van der Waals surface area contributed by atoms with Crippen LogP contribution in [0.3, 0.4) is 0 Å². The molecule has 1 aromatic heterocycles. The van der Waals surface area contributed by atoms with E-state index in [-0.39, 0.29) is 22.7 Å². The Bertz CT molecular complexity index is 460. The SMILES string of the molecule is N#CCc1ncc(C#N)c(Cl)c1C(F)F. The number of hydrogen-bond acceptors (Lipinski definition) is 3. The van der Waals surface area contributed by atoms with Gasteiger partial charge in [0.15, 0.2) is 0 Å². The number of nitrogens with zero attached hydrogens (tertiary/aromatic N) is 3. The number of pyridine rings is 1. The second-order valence-corrected chi connectivity index (χ2v) is 2.97. The van der Waals surface area contributed by atoms with Crippen molar-refractivity contribution in [2.75, 3.05) is 0 Å². The smallest absolute Gasteiger partial charge is 0.258 e. The first kappa shape index (κ1) is 11.4. The largest absolute Gasteiger partial charge is 0.267 e. The lowest BCUT2D eigenvalue weighted by Crippen LogP contribution is -2.00. The molecule has 0 bridgehead atoms. The third-order valence-electron chi connectivity index (χ3n) is 1.72. The number of halogens is 3. The zero-order valence-electron chi connectivity index (χ0n) is 7.34. The first-order valence-electron chi connectivity index (χ1n) is 3.84. The molecule has 0 aromatic carbocycles. The zero-order chi connectivity index (χ0) is 11.4. The fraction of sp³-hybridized carbons (Fsp3) is 0.222. The molecule has 0 fully saturated rings. The predicted octanol–water partition coefficient (Wildman–Crippen LogP) is 2.61. The van der Waals surface area contributed by atoms with Crippen LogP contribution in [-0.4, -0.2) is 4.98 Å². The Labute approximate surface area is 89.5 Å². The van der Waals surface area contributed by atoms with E-state index in [1.54, 1.807) is 12.1 Å². The van der Waals surface area contributed by atoms with Crippen LogP contribution in [0.15, 0.2) is 6.20 Å². The average Bonchev–Trinajstić information content (AvgIpc) is 2.18. The highest BCUT2D eigenvalue weighted by Crippen LogP contribution is 2.31.